The molecule has 0 spiro atoms. The van der Waals surface area contributed by atoms with Gasteiger partial charge in [-0.1, -0.05) is 18.1 Å². The summed E-state index contributed by atoms with van der Waals surface area (Å²) < 4.78 is 1.14. The number of carboxylic acid groups (broad SMARTS) is 1. The van der Waals surface area contributed by atoms with Crippen molar-refractivity contribution in [3.05, 3.63) is 11.4 Å². The first-order valence-electron chi connectivity index (χ1n) is 6.71. The molecule has 0 atom stereocenters. The summed E-state index contributed by atoms with van der Waals surface area (Å²) in [5.74, 6) is -1.78. The van der Waals surface area contributed by atoms with Crippen LogP contribution in [-0.4, -0.2) is 44.0 Å². The highest BCUT2D eigenvalue weighted by atomic mass is 16.4. The van der Waals surface area contributed by atoms with Crippen LogP contribution in [0.25, 0.3) is 0 Å². The number of aromatic nitrogens is 3. The van der Waals surface area contributed by atoms with Gasteiger partial charge in [-0.3, -0.25) is 10.1 Å². The lowest BCUT2D eigenvalue weighted by Crippen LogP contribution is -2.44. The van der Waals surface area contributed by atoms with Crippen molar-refractivity contribution < 1.29 is 19.5 Å². The molecule has 0 saturated heterocycles. The Morgan fingerprint density at radius 2 is 2.00 bits per heavy atom. The lowest BCUT2D eigenvalue weighted by atomic mass is 10.2. The maximum atomic E-state index is 11.7. The van der Waals surface area contributed by atoms with Gasteiger partial charge in [-0.15, -0.1) is 5.10 Å². The number of amides is 3. The molecule has 0 radical (unpaired) electrons. The molecule has 3 amide bonds. The van der Waals surface area contributed by atoms with Gasteiger partial charge in [0.1, 0.15) is 6.54 Å². The number of nitrogens with zero attached hydrogens (tertiary/aromatic N) is 3. The Hall–Kier alpha value is -2.45. The van der Waals surface area contributed by atoms with Crippen LogP contribution in [0.5, 0.6) is 0 Å². The molecule has 1 aromatic heterocycles. The first-order chi connectivity index (χ1) is 9.97. The number of carboxylic acids is 1. The van der Waals surface area contributed by atoms with E-state index in [1.165, 1.54) is 6.92 Å². The van der Waals surface area contributed by atoms with Gasteiger partial charge in [-0.05, 0) is 19.8 Å². The normalized spacial score (nSPS) is 14.9. The first kappa shape index (κ1) is 14.9. The third kappa shape index (κ3) is 3.77. The Labute approximate surface area is 120 Å². The van der Waals surface area contributed by atoms with E-state index in [1.54, 1.807) is 0 Å². The highest BCUT2D eigenvalue weighted by molar-refractivity contribution is 5.94. The number of rotatable bonds is 4. The molecule has 0 aliphatic heterocycles. The quantitative estimate of drug-likeness (QED) is 0.720. The minimum Gasteiger partial charge on any atom is -0.476 e. The summed E-state index contributed by atoms with van der Waals surface area (Å²) in [5, 5.41) is 20.8. The molecule has 1 aromatic rings. The topological polar surface area (TPSA) is 126 Å². The van der Waals surface area contributed by atoms with Crippen LogP contribution in [0.3, 0.4) is 0 Å². The Morgan fingerprint density at radius 1 is 1.33 bits per heavy atom. The van der Waals surface area contributed by atoms with Crippen molar-refractivity contribution >= 4 is 17.9 Å². The summed E-state index contributed by atoms with van der Waals surface area (Å²) in [6.45, 7) is 1.24. The van der Waals surface area contributed by atoms with Gasteiger partial charge in [-0.25, -0.2) is 14.3 Å². The summed E-state index contributed by atoms with van der Waals surface area (Å²) in [4.78, 5) is 34.1. The Morgan fingerprint density at radius 3 is 2.57 bits per heavy atom. The molecule has 114 valence electrons. The Balaban J connectivity index is 1.86. The molecule has 2 rings (SSSR count). The van der Waals surface area contributed by atoms with Crippen LogP contribution >= 0.6 is 0 Å². The number of carbonyl (C=O) groups is 3. The molecule has 1 aliphatic carbocycles. The number of imide groups is 1. The molecular weight excluding hydrogens is 278 g/mol. The minimum absolute atomic E-state index is 0.115. The van der Waals surface area contributed by atoms with Crippen LogP contribution in [0.4, 0.5) is 4.79 Å². The second-order valence-electron chi connectivity index (χ2n) is 4.99. The molecule has 1 saturated carbocycles. The molecule has 21 heavy (non-hydrogen) atoms. The molecule has 1 fully saturated rings. The average Bonchev–Trinajstić information content (AvgIpc) is 3.00. The molecule has 3 N–H and O–H groups in total. The second kappa shape index (κ2) is 6.33. The molecule has 0 unspecified atom stereocenters. The van der Waals surface area contributed by atoms with Crippen LogP contribution in [0.1, 0.15) is 41.9 Å². The molecule has 0 bridgehead atoms. The van der Waals surface area contributed by atoms with E-state index in [-0.39, 0.29) is 24.0 Å². The standard InChI is InChI=1S/C12H17N5O4/c1-7-10(11(19)20)15-16-17(7)6-9(18)14-12(21)13-8-4-2-3-5-8/h8H,2-6H2,1H3,(H,19,20)(H2,13,14,18,21). The first-order valence-corrected chi connectivity index (χ1v) is 6.71. The predicted octanol–water partition coefficient (Wildman–Crippen LogP) is 0.0531. The van der Waals surface area contributed by atoms with Gasteiger partial charge in [0.2, 0.25) is 5.91 Å². The van der Waals surface area contributed by atoms with Crippen molar-refractivity contribution in [2.24, 2.45) is 0 Å². The molecule has 1 heterocycles. The zero-order valence-electron chi connectivity index (χ0n) is 11.6. The van der Waals surface area contributed by atoms with Crippen molar-refractivity contribution in [3.63, 3.8) is 0 Å². The number of carbonyl (C=O) groups excluding carboxylic acids is 2. The van der Waals surface area contributed by atoms with Crippen LogP contribution in [-0.2, 0) is 11.3 Å². The fourth-order valence-corrected chi connectivity index (χ4v) is 2.30. The highest BCUT2D eigenvalue weighted by Crippen LogP contribution is 2.17. The summed E-state index contributed by atoms with van der Waals surface area (Å²) in [6, 6.07) is -0.423. The lowest BCUT2D eigenvalue weighted by molar-refractivity contribution is -0.120. The molecule has 0 aromatic carbocycles. The average molecular weight is 295 g/mol. The van der Waals surface area contributed by atoms with E-state index in [2.05, 4.69) is 20.9 Å². The maximum absolute atomic E-state index is 11.7. The predicted molar refractivity (Wildman–Crippen MR) is 70.6 cm³/mol. The second-order valence-corrected chi connectivity index (χ2v) is 4.99. The summed E-state index contributed by atoms with van der Waals surface area (Å²) in [7, 11) is 0. The van der Waals surface area contributed by atoms with Gasteiger partial charge < -0.3 is 10.4 Å². The molecule has 1 aliphatic rings. The monoisotopic (exact) mass is 295 g/mol. The third-order valence-electron chi connectivity index (χ3n) is 3.42. The minimum atomic E-state index is -1.21. The number of hydrogen-bond acceptors (Lipinski definition) is 5. The van der Waals surface area contributed by atoms with E-state index in [9.17, 15) is 14.4 Å². The van der Waals surface area contributed by atoms with Gasteiger partial charge >= 0.3 is 12.0 Å². The van der Waals surface area contributed by atoms with E-state index in [1.807, 2.05) is 0 Å². The largest absolute Gasteiger partial charge is 0.476 e. The number of hydrogen-bond donors (Lipinski definition) is 3. The van der Waals surface area contributed by atoms with Gasteiger partial charge in [0.25, 0.3) is 0 Å². The van der Waals surface area contributed by atoms with Crippen LogP contribution in [0.2, 0.25) is 0 Å². The van der Waals surface area contributed by atoms with Gasteiger partial charge in [0.05, 0.1) is 5.69 Å². The maximum Gasteiger partial charge on any atom is 0.358 e. The van der Waals surface area contributed by atoms with Crippen LogP contribution in [0.15, 0.2) is 0 Å². The number of nitrogens with one attached hydrogen (secondary N) is 2. The summed E-state index contributed by atoms with van der Waals surface area (Å²) >= 11 is 0. The number of aromatic carboxylic acids is 1. The van der Waals surface area contributed by atoms with E-state index < -0.39 is 17.9 Å². The van der Waals surface area contributed by atoms with Gasteiger partial charge in [0, 0.05) is 6.04 Å². The smallest absolute Gasteiger partial charge is 0.358 e. The highest BCUT2D eigenvalue weighted by Gasteiger charge is 2.20. The lowest BCUT2D eigenvalue weighted by Gasteiger charge is -2.12. The fraction of sp³-hybridized carbons (Fsp3) is 0.583. The van der Waals surface area contributed by atoms with E-state index in [0.29, 0.717) is 0 Å². The fourth-order valence-electron chi connectivity index (χ4n) is 2.30. The summed E-state index contributed by atoms with van der Waals surface area (Å²) in [6.07, 6.45) is 4.00. The van der Waals surface area contributed by atoms with Crippen LogP contribution < -0.4 is 10.6 Å². The van der Waals surface area contributed by atoms with Crippen molar-refractivity contribution in [3.8, 4) is 0 Å². The Kier molecular flexibility index (Phi) is 4.51. The van der Waals surface area contributed by atoms with E-state index >= 15 is 0 Å². The van der Waals surface area contributed by atoms with Crippen molar-refractivity contribution in [2.45, 2.75) is 45.2 Å². The molecule has 9 heteroatoms. The Bertz CT molecular complexity index is 562. The van der Waals surface area contributed by atoms with E-state index in [4.69, 9.17) is 5.11 Å². The van der Waals surface area contributed by atoms with Crippen molar-refractivity contribution in [1.82, 2.24) is 25.6 Å². The molecular formula is C12H17N5O4. The van der Waals surface area contributed by atoms with Crippen LogP contribution in [0, 0.1) is 6.92 Å². The number of urea groups is 1. The zero-order valence-corrected chi connectivity index (χ0v) is 11.6. The van der Waals surface area contributed by atoms with E-state index in [0.717, 1.165) is 30.4 Å². The summed E-state index contributed by atoms with van der Waals surface area (Å²) in [5.41, 5.74) is 0.0482. The van der Waals surface area contributed by atoms with Crippen molar-refractivity contribution in [1.29, 1.82) is 0 Å². The van der Waals surface area contributed by atoms with Gasteiger partial charge in [0.15, 0.2) is 5.69 Å². The third-order valence-corrected chi connectivity index (χ3v) is 3.42. The zero-order chi connectivity index (χ0) is 15.4. The van der Waals surface area contributed by atoms with Gasteiger partial charge in [-0.2, -0.15) is 0 Å². The SMILES string of the molecule is Cc1c(C(=O)O)nnn1CC(=O)NC(=O)NC1CCCC1. The molecule has 9 nitrogen and oxygen atoms in total. The van der Waals surface area contributed by atoms with Crippen molar-refractivity contribution in [2.75, 3.05) is 0 Å².